The van der Waals surface area contributed by atoms with E-state index in [2.05, 4.69) is 16.7 Å². The van der Waals surface area contributed by atoms with Crippen molar-refractivity contribution in [3.05, 3.63) is 59.2 Å². The number of hydrogen-bond acceptors (Lipinski definition) is 3. The van der Waals surface area contributed by atoms with Gasteiger partial charge in [-0.05, 0) is 55.3 Å². The number of nitriles is 1. The van der Waals surface area contributed by atoms with Crippen LogP contribution in [-0.2, 0) is 4.79 Å². The Labute approximate surface area is 130 Å². The van der Waals surface area contributed by atoms with Crippen LogP contribution >= 0.6 is 0 Å². The molecule has 0 saturated carbocycles. The molecule has 2 aromatic rings. The summed E-state index contributed by atoms with van der Waals surface area (Å²) in [6.07, 6.45) is 0.365. The summed E-state index contributed by atoms with van der Waals surface area (Å²) in [5.41, 5.74) is 4.63. The lowest BCUT2D eigenvalue weighted by molar-refractivity contribution is -0.115. The van der Waals surface area contributed by atoms with Crippen molar-refractivity contribution in [2.45, 2.75) is 20.3 Å². The van der Waals surface area contributed by atoms with E-state index in [0.29, 0.717) is 18.5 Å². The highest BCUT2D eigenvalue weighted by atomic mass is 16.1. The predicted molar refractivity (Wildman–Crippen MR) is 88.8 cm³/mol. The fourth-order valence-electron chi connectivity index (χ4n) is 2.06. The number of anilines is 2. The maximum atomic E-state index is 11.9. The lowest BCUT2D eigenvalue weighted by atomic mass is 10.1. The van der Waals surface area contributed by atoms with Crippen LogP contribution in [0.15, 0.2) is 42.5 Å². The number of amides is 1. The highest BCUT2D eigenvalue weighted by Crippen LogP contribution is 2.14. The van der Waals surface area contributed by atoms with Crippen LogP contribution in [0.3, 0.4) is 0 Å². The standard InChI is InChI=1S/C18H19N3O/c1-13-6-7-17(10-14(13)2)21-18(22)8-9-20-16-5-3-4-15(11-16)12-19/h3-7,10-11,20H,8-9H2,1-2H3,(H,21,22). The summed E-state index contributed by atoms with van der Waals surface area (Å²) in [6.45, 7) is 4.58. The molecule has 0 atom stereocenters. The van der Waals surface area contributed by atoms with Crippen molar-refractivity contribution in [1.29, 1.82) is 5.26 Å². The Morgan fingerprint density at radius 1 is 1.09 bits per heavy atom. The minimum atomic E-state index is -0.0350. The second-order valence-corrected chi connectivity index (χ2v) is 5.22. The van der Waals surface area contributed by atoms with Crippen molar-refractivity contribution in [2.75, 3.05) is 17.2 Å². The van der Waals surface area contributed by atoms with Crippen LogP contribution in [0.5, 0.6) is 0 Å². The van der Waals surface area contributed by atoms with E-state index in [4.69, 9.17) is 5.26 Å². The van der Waals surface area contributed by atoms with Crippen LogP contribution in [0.4, 0.5) is 11.4 Å². The Balaban J connectivity index is 1.82. The molecule has 1 amide bonds. The molecular weight excluding hydrogens is 274 g/mol. The molecule has 0 bridgehead atoms. The van der Waals surface area contributed by atoms with Crippen LogP contribution in [0.2, 0.25) is 0 Å². The minimum absolute atomic E-state index is 0.0350. The van der Waals surface area contributed by atoms with Crippen molar-refractivity contribution in [3.63, 3.8) is 0 Å². The van der Waals surface area contributed by atoms with Gasteiger partial charge in [-0.2, -0.15) is 5.26 Å². The fourth-order valence-corrected chi connectivity index (χ4v) is 2.06. The van der Waals surface area contributed by atoms with Crippen molar-refractivity contribution in [1.82, 2.24) is 0 Å². The van der Waals surface area contributed by atoms with E-state index in [1.165, 1.54) is 5.56 Å². The number of carbonyl (C=O) groups excluding carboxylic acids is 1. The summed E-state index contributed by atoms with van der Waals surface area (Å²) < 4.78 is 0. The van der Waals surface area contributed by atoms with Crippen LogP contribution in [0.1, 0.15) is 23.1 Å². The Morgan fingerprint density at radius 3 is 2.64 bits per heavy atom. The number of nitrogens with one attached hydrogen (secondary N) is 2. The summed E-state index contributed by atoms with van der Waals surface area (Å²) in [5.74, 6) is -0.0350. The third-order valence-corrected chi connectivity index (χ3v) is 3.46. The molecule has 0 radical (unpaired) electrons. The van der Waals surface area contributed by atoms with Crippen LogP contribution < -0.4 is 10.6 Å². The molecule has 0 aliphatic heterocycles. The SMILES string of the molecule is Cc1ccc(NC(=O)CCNc2cccc(C#N)c2)cc1C. The fraction of sp³-hybridized carbons (Fsp3) is 0.222. The lowest BCUT2D eigenvalue weighted by Crippen LogP contribution is -2.16. The Morgan fingerprint density at radius 2 is 1.91 bits per heavy atom. The molecule has 22 heavy (non-hydrogen) atoms. The van der Waals surface area contributed by atoms with Crippen molar-refractivity contribution in [2.24, 2.45) is 0 Å². The Bertz CT molecular complexity index is 717. The average Bonchev–Trinajstić information content (AvgIpc) is 2.51. The van der Waals surface area contributed by atoms with Crippen LogP contribution in [0, 0.1) is 25.2 Å². The Hall–Kier alpha value is -2.80. The van der Waals surface area contributed by atoms with Gasteiger partial charge in [-0.15, -0.1) is 0 Å². The molecular formula is C18H19N3O. The normalized spacial score (nSPS) is 9.86. The molecule has 0 saturated heterocycles. The van der Waals surface area contributed by atoms with Crippen molar-refractivity contribution < 1.29 is 4.79 Å². The van der Waals surface area contributed by atoms with Gasteiger partial charge in [0.25, 0.3) is 0 Å². The molecule has 2 rings (SSSR count). The predicted octanol–water partition coefficient (Wildman–Crippen LogP) is 3.62. The van der Waals surface area contributed by atoms with E-state index in [1.807, 2.05) is 44.2 Å². The third-order valence-electron chi connectivity index (χ3n) is 3.46. The molecule has 2 aromatic carbocycles. The first kappa shape index (κ1) is 15.6. The van der Waals surface area contributed by atoms with Crippen LogP contribution in [0.25, 0.3) is 0 Å². The first-order chi connectivity index (χ1) is 10.6. The highest BCUT2D eigenvalue weighted by molar-refractivity contribution is 5.91. The Kier molecular flexibility index (Phi) is 5.16. The van der Waals surface area contributed by atoms with Gasteiger partial charge < -0.3 is 10.6 Å². The second kappa shape index (κ2) is 7.28. The van der Waals surface area contributed by atoms with E-state index >= 15 is 0 Å². The summed E-state index contributed by atoms with van der Waals surface area (Å²) in [7, 11) is 0. The molecule has 4 nitrogen and oxygen atoms in total. The topological polar surface area (TPSA) is 64.9 Å². The third kappa shape index (κ3) is 4.35. The molecule has 2 N–H and O–H groups in total. The molecule has 0 aliphatic rings. The summed E-state index contributed by atoms with van der Waals surface area (Å²) in [6, 6.07) is 15.2. The first-order valence-corrected chi connectivity index (χ1v) is 7.19. The molecule has 0 aliphatic carbocycles. The summed E-state index contributed by atoms with van der Waals surface area (Å²) >= 11 is 0. The quantitative estimate of drug-likeness (QED) is 0.885. The maximum Gasteiger partial charge on any atom is 0.226 e. The zero-order chi connectivity index (χ0) is 15.9. The number of aryl methyl sites for hydroxylation is 2. The van der Waals surface area contributed by atoms with E-state index in [1.54, 1.807) is 12.1 Å². The number of carbonyl (C=O) groups is 1. The number of rotatable bonds is 5. The molecule has 0 spiro atoms. The monoisotopic (exact) mass is 293 g/mol. The minimum Gasteiger partial charge on any atom is -0.384 e. The number of benzene rings is 2. The van der Waals surface area contributed by atoms with Gasteiger partial charge in [0, 0.05) is 24.3 Å². The van der Waals surface area contributed by atoms with Crippen molar-refractivity contribution >= 4 is 17.3 Å². The van der Waals surface area contributed by atoms with Gasteiger partial charge in [0.2, 0.25) is 5.91 Å². The zero-order valence-electron chi connectivity index (χ0n) is 12.8. The van der Waals surface area contributed by atoms with Crippen molar-refractivity contribution in [3.8, 4) is 6.07 Å². The van der Waals surface area contributed by atoms with Gasteiger partial charge in [0.15, 0.2) is 0 Å². The van der Waals surface area contributed by atoms with Gasteiger partial charge in [0.1, 0.15) is 0 Å². The smallest absolute Gasteiger partial charge is 0.226 e. The number of hydrogen-bond donors (Lipinski definition) is 2. The molecule has 112 valence electrons. The molecule has 0 aromatic heterocycles. The van der Waals surface area contributed by atoms with Gasteiger partial charge in [-0.3, -0.25) is 4.79 Å². The van der Waals surface area contributed by atoms with Gasteiger partial charge in [-0.1, -0.05) is 12.1 Å². The molecule has 4 heteroatoms. The summed E-state index contributed by atoms with van der Waals surface area (Å²) in [5, 5.41) is 14.9. The van der Waals surface area contributed by atoms with Gasteiger partial charge in [-0.25, -0.2) is 0 Å². The highest BCUT2D eigenvalue weighted by Gasteiger charge is 2.03. The molecule has 0 unspecified atom stereocenters. The largest absolute Gasteiger partial charge is 0.384 e. The van der Waals surface area contributed by atoms with E-state index in [-0.39, 0.29) is 5.91 Å². The van der Waals surface area contributed by atoms with Gasteiger partial charge >= 0.3 is 0 Å². The zero-order valence-corrected chi connectivity index (χ0v) is 12.8. The number of nitrogens with zero attached hydrogens (tertiary/aromatic N) is 1. The first-order valence-electron chi connectivity index (χ1n) is 7.19. The molecule has 0 heterocycles. The molecule has 0 fully saturated rings. The average molecular weight is 293 g/mol. The van der Waals surface area contributed by atoms with Gasteiger partial charge in [0.05, 0.1) is 11.6 Å². The van der Waals surface area contributed by atoms with E-state index in [0.717, 1.165) is 16.9 Å². The summed E-state index contributed by atoms with van der Waals surface area (Å²) in [4.78, 5) is 11.9. The lowest BCUT2D eigenvalue weighted by Gasteiger charge is -2.09. The van der Waals surface area contributed by atoms with E-state index in [9.17, 15) is 4.79 Å². The van der Waals surface area contributed by atoms with Crippen LogP contribution in [-0.4, -0.2) is 12.5 Å². The second-order valence-electron chi connectivity index (χ2n) is 5.22. The van der Waals surface area contributed by atoms with E-state index < -0.39 is 0 Å². The maximum absolute atomic E-state index is 11.9.